The lowest BCUT2D eigenvalue weighted by Gasteiger charge is -2.38. The molecule has 27 heavy (non-hydrogen) atoms. The van der Waals surface area contributed by atoms with Gasteiger partial charge in [0.05, 0.1) is 6.07 Å². The number of benzene rings is 1. The van der Waals surface area contributed by atoms with Crippen LogP contribution in [0.5, 0.6) is 0 Å². The third-order valence-electron chi connectivity index (χ3n) is 7.25. The molecule has 0 amide bonds. The van der Waals surface area contributed by atoms with Crippen molar-refractivity contribution in [3.8, 4) is 6.07 Å². The molecule has 1 nitrogen and oxygen atoms in total. The molecule has 0 N–H and O–H groups in total. The van der Waals surface area contributed by atoms with Crippen LogP contribution in [0, 0.1) is 29.1 Å². The molecule has 0 unspecified atom stereocenters. The molecule has 0 saturated heterocycles. The molecule has 2 saturated carbocycles. The maximum Gasteiger partial charge on any atom is 0.0908 e. The molecule has 146 valence electrons. The zero-order chi connectivity index (χ0) is 18.9. The van der Waals surface area contributed by atoms with Crippen LogP contribution in [0.1, 0.15) is 94.6 Å². The van der Waals surface area contributed by atoms with Gasteiger partial charge in [-0.1, -0.05) is 56.5 Å². The number of hydrogen-bond acceptors (Lipinski definition) is 1. The SMILES string of the molecule is CCCc1ccc(C2CCC(C3CCC(CCC=CC#N)CC3)CC2)cc1. The Labute approximate surface area is 166 Å². The van der Waals surface area contributed by atoms with Crippen molar-refractivity contribution < 1.29 is 0 Å². The number of nitriles is 1. The Morgan fingerprint density at radius 1 is 0.926 bits per heavy atom. The van der Waals surface area contributed by atoms with Gasteiger partial charge < -0.3 is 0 Å². The Balaban J connectivity index is 1.39. The van der Waals surface area contributed by atoms with Crippen LogP contribution in [-0.2, 0) is 6.42 Å². The van der Waals surface area contributed by atoms with Gasteiger partial charge in [-0.25, -0.2) is 0 Å². The van der Waals surface area contributed by atoms with Crippen molar-refractivity contribution >= 4 is 0 Å². The summed E-state index contributed by atoms with van der Waals surface area (Å²) in [6, 6.07) is 11.6. The number of allylic oxidation sites excluding steroid dienone is 2. The lowest BCUT2D eigenvalue weighted by molar-refractivity contribution is 0.157. The molecule has 1 aromatic rings. The van der Waals surface area contributed by atoms with Crippen molar-refractivity contribution in [1.29, 1.82) is 5.26 Å². The summed E-state index contributed by atoms with van der Waals surface area (Å²) in [4.78, 5) is 0. The van der Waals surface area contributed by atoms with Gasteiger partial charge in [0.1, 0.15) is 0 Å². The molecule has 2 aliphatic carbocycles. The molecule has 0 spiro atoms. The standard InChI is InChI=1S/C26H37N/c1-2-6-21-8-12-23(13-9-21)25-16-18-26(19-17-25)24-14-10-22(11-15-24)7-4-3-5-20-27/h3,5,8-9,12-13,22,24-26H,2,4,6-7,10-11,14-19H2,1H3. The Bertz CT molecular complexity index is 605. The van der Waals surface area contributed by atoms with E-state index in [1.54, 1.807) is 11.6 Å². The van der Waals surface area contributed by atoms with Crippen molar-refractivity contribution in [3.63, 3.8) is 0 Å². The first-order valence-electron chi connectivity index (χ1n) is 11.4. The topological polar surface area (TPSA) is 23.8 Å². The minimum atomic E-state index is 0.806. The second-order valence-corrected chi connectivity index (χ2v) is 8.99. The summed E-state index contributed by atoms with van der Waals surface area (Å²) in [6.45, 7) is 2.26. The summed E-state index contributed by atoms with van der Waals surface area (Å²) >= 11 is 0. The average molecular weight is 364 g/mol. The van der Waals surface area contributed by atoms with Gasteiger partial charge >= 0.3 is 0 Å². The first-order chi connectivity index (χ1) is 13.3. The van der Waals surface area contributed by atoms with E-state index in [2.05, 4.69) is 37.3 Å². The lowest BCUT2D eigenvalue weighted by Crippen LogP contribution is -2.25. The second-order valence-electron chi connectivity index (χ2n) is 8.99. The highest BCUT2D eigenvalue weighted by molar-refractivity contribution is 5.26. The molecule has 3 rings (SSSR count). The van der Waals surface area contributed by atoms with Crippen molar-refractivity contribution in [1.82, 2.24) is 0 Å². The molecule has 0 heterocycles. The number of aryl methyl sites for hydroxylation is 1. The predicted octanol–water partition coefficient (Wildman–Crippen LogP) is 7.58. The Morgan fingerprint density at radius 3 is 2.15 bits per heavy atom. The van der Waals surface area contributed by atoms with E-state index in [0.29, 0.717) is 0 Å². The van der Waals surface area contributed by atoms with Crippen LogP contribution >= 0.6 is 0 Å². The number of rotatable bonds is 7. The number of nitrogens with zero attached hydrogens (tertiary/aromatic N) is 1. The second kappa shape index (κ2) is 10.7. The van der Waals surface area contributed by atoms with Crippen molar-refractivity contribution in [2.24, 2.45) is 17.8 Å². The molecule has 0 aromatic heterocycles. The first-order valence-corrected chi connectivity index (χ1v) is 11.4. The molecule has 0 aliphatic heterocycles. The van der Waals surface area contributed by atoms with Gasteiger partial charge in [0, 0.05) is 6.08 Å². The summed E-state index contributed by atoms with van der Waals surface area (Å²) in [7, 11) is 0. The van der Waals surface area contributed by atoms with Gasteiger partial charge in [0.2, 0.25) is 0 Å². The fourth-order valence-corrected chi connectivity index (χ4v) is 5.59. The molecule has 2 aliphatic rings. The van der Waals surface area contributed by atoms with Gasteiger partial charge in [0.15, 0.2) is 0 Å². The van der Waals surface area contributed by atoms with Gasteiger partial charge in [-0.2, -0.15) is 5.26 Å². The fourth-order valence-electron chi connectivity index (χ4n) is 5.59. The van der Waals surface area contributed by atoms with E-state index in [4.69, 9.17) is 5.26 Å². The van der Waals surface area contributed by atoms with Gasteiger partial charge in [0.25, 0.3) is 0 Å². The molecular weight excluding hydrogens is 326 g/mol. The zero-order valence-electron chi connectivity index (χ0n) is 17.2. The minimum Gasteiger partial charge on any atom is -0.193 e. The maximum absolute atomic E-state index is 8.57. The summed E-state index contributed by atoms with van der Waals surface area (Å²) in [5, 5.41) is 8.57. The van der Waals surface area contributed by atoms with Crippen LogP contribution in [0.2, 0.25) is 0 Å². The Hall–Kier alpha value is -1.55. The van der Waals surface area contributed by atoms with Gasteiger partial charge in [-0.05, 0) is 92.6 Å². The molecule has 0 atom stereocenters. The number of hydrogen-bond donors (Lipinski definition) is 0. The van der Waals surface area contributed by atoms with E-state index in [1.165, 1.54) is 76.2 Å². The first kappa shape index (κ1) is 20.2. The third-order valence-corrected chi connectivity index (χ3v) is 7.25. The van der Waals surface area contributed by atoms with Crippen LogP contribution in [0.4, 0.5) is 0 Å². The smallest absolute Gasteiger partial charge is 0.0908 e. The van der Waals surface area contributed by atoms with E-state index in [9.17, 15) is 0 Å². The molecule has 0 radical (unpaired) electrons. The van der Waals surface area contributed by atoms with Crippen LogP contribution in [0.25, 0.3) is 0 Å². The largest absolute Gasteiger partial charge is 0.193 e. The normalized spacial score (nSPS) is 28.9. The quantitative estimate of drug-likeness (QED) is 0.458. The van der Waals surface area contributed by atoms with Crippen molar-refractivity contribution in [3.05, 3.63) is 47.5 Å². The highest BCUT2D eigenvalue weighted by Gasteiger charge is 2.31. The zero-order valence-corrected chi connectivity index (χ0v) is 17.2. The Morgan fingerprint density at radius 2 is 1.56 bits per heavy atom. The molecule has 1 heteroatoms. The van der Waals surface area contributed by atoms with Crippen molar-refractivity contribution in [2.75, 3.05) is 0 Å². The molecule has 1 aromatic carbocycles. The van der Waals surface area contributed by atoms with E-state index in [-0.39, 0.29) is 0 Å². The summed E-state index contributed by atoms with van der Waals surface area (Å²) in [6.07, 6.45) is 19.9. The van der Waals surface area contributed by atoms with Crippen LogP contribution < -0.4 is 0 Å². The Kier molecular flexibility index (Phi) is 8.00. The highest BCUT2D eigenvalue weighted by Crippen LogP contribution is 2.44. The average Bonchev–Trinajstić information content (AvgIpc) is 2.73. The van der Waals surface area contributed by atoms with Crippen LogP contribution in [-0.4, -0.2) is 0 Å². The fraction of sp³-hybridized carbons (Fsp3) is 0.654. The summed E-state index contributed by atoms with van der Waals surface area (Å²) in [5.41, 5.74) is 3.08. The predicted molar refractivity (Wildman–Crippen MR) is 115 cm³/mol. The molecular formula is C26H37N. The maximum atomic E-state index is 8.57. The van der Waals surface area contributed by atoms with E-state index >= 15 is 0 Å². The van der Waals surface area contributed by atoms with E-state index in [1.807, 2.05) is 6.08 Å². The summed E-state index contributed by atoms with van der Waals surface area (Å²) < 4.78 is 0. The van der Waals surface area contributed by atoms with Crippen molar-refractivity contribution in [2.45, 2.75) is 89.9 Å². The third kappa shape index (κ3) is 5.97. The molecule has 0 bridgehead atoms. The monoisotopic (exact) mass is 363 g/mol. The summed E-state index contributed by atoms with van der Waals surface area (Å²) in [5.74, 6) is 3.69. The minimum absolute atomic E-state index is 0.806. The van der Waals surface area contributed by atoms with E-state index < -0.39 is 0 Å². The molecule has 2 fully saturated rings. The lowest BCUT2D eigenvalue weighted by atomic mass is 9.68. The highest BCUT2D eigenvalue weighted by atomic mass is 14.4. The van der Waals surface area contributed by atoms with Gasteiger partial charge in [-0.15, -0.1) is 0 Å². The van der Waals surface area contributed by atoms with Crippen LogP contribution in [0.3, 0.4) is 0 Å². The van der Waals surface area contributed by atoms with Crippen LogP contribution in [0.15, 0.2) is 36.4 Å². The van der Waals surface area contributed by atoms with E-state index in [0.717, 1.165) is 30.1 Å². The van der Waals surface area contributed by atoms with Gasteiger partial charge in [-0.3, -0.25) is 0 Å².